The lowest BCUT2D eigenvalue weighted by molar-refractivity contribution is -0.136. The third-order valence-electron chi connectivity index (χ3n) is 3.85. The van der Waals surface area contributed by atoms with Crippen molar-refractivity contribution in [1.29, 1.82) is 0 Å². The monoisotopic (exact) mass is 284 g/mol. The van der Waals surface area contributed by atoms with Crippen LogP contribution in [0, 0.1) is 5.92 Å². The summed E-state index contributed by atoms with van der Waals surface area (Å²) in [5, 5.41) is 0.960. The van der Waals surface area contributed by atoms with E-state index in [1.54, 1.807) is 11.0 Å². The summed E-state index contributed by atoms with van der Waals surface area (Å²) >= 11 is 0. The molecule has 1 saturated heterocycles. The van der Waals surface area contributed by atoms with Gasteiger partial charge in [0.2, 0.25) is 11.8 Å². The summed E-state index contributed by atoms with van der Waals surface area (Å²) in [6, 6.07) is 9.36. The van der Waals surface area contributed by atoms with Gasteiger partial charge >= 0.3 is 0 Å². The summed E-state index contributed by atoms with van der Waals surface area (Å²) in [5.74, 6) is -0.961. The van der Waals surface area contributed by atoms with Crippen LogP contribution in [0.5, 0.6) is 0 Å². The predicted molar refractivity (Wildman–Crippen MR) is 78.9 cm³/mol. The Morgan fingerprint density at radius 3 is 2.86 bits per heavy atom. The topological polar surface area (TPSA) is 102 Å². The van der Waals surface area contributed by atoms with E-state index in [4.69, 9.17) is 11.5 Å². The van der Waals surface area contributed by atoms with Gasteiger partial charge in [-0.2, -0.15) is 0 Å². The SMILES string of the molecule is NC(=O)[C@@H]1CCN(Cc2cccc3nc(N)ccc23)C1=O. The largest absolute Gasteiger partial charge is 0.384 e. The molecule has 0 spiro atoms. The van der Waals surface area contributed by atoms with Crippen LogP contribution in [-0.4, -0.2) is 28.2 Å². The first-order valence-electron chi connectivity index (χ1n) is 6.78. The van der Waals surface area contributed by atoms with Gasteiger partial charge in [0.05, 0.1) is 5.52 Å². The van der Waals surface area contributed by atoms with Crippen LogP contribution in [0.4, 0.5) is 5.82 Å². The lowest BCUT2D eigenvalue weighted by Gasteiger charge is -2.17. The Bertz CT molecular complexity index is 729. The number of anilines is 1. The Balaban J connectivity index is 1.89. The van der Waals surface area contributed by atoms with Crippen LogP contribution in [0.3, 0.4) is 0 Å². The maximum absolute atomic E-state index is 12.1. The molecule has 4 N–H and O–H groups in total. The third-order valence-corrected chi connectivity index (χ3v) is 3.85. The molecule has 0 unspecified atom stereocenters. The van der Waals surface area contributed by atoms with Crippen LogP contribution in [0.15, 0.2) is 30.3 Å². The number of pyridine rings is 1. The molecule has 21 heavy (non-hydrogen) atoms. The Morgan fingerprint density at radius 2 is 2.14 bits per heavy atom. The van der Waals surface area contributed by atoms with Crippen molar-refractivity contribution in [2.75, 3.05) is 12.3 Å². The highest BCUT2D eigenvalue weighted by molar-refractivity contribution is 6.01. The van der Waals surface area contributed by atoms with Crippen LogP contribution in [-0.2, 0) is 16.1 Å². The number of carbonyl (C=O) groups excluding carboxylic acids is 2. The number of likely N-dealkylation sites (tertiary alicyclic amines) is 1. The molecule has 6 heteroatoms. The van der Waals surface area contributed by atoms with E-state index in [1.807, 2.05) is 24.3 Å². The molecule has 0 radical (unpaired) electrons. The average Bonchev–Trinajstić information content (AvgIpc) is 2.80. The number of nitrogens with two attached hydrogens (primary N) is 2. The van der Waals surface area contributed by atoms with Gasteiger partial charge in [-0.1, -0.05) is 12.1 Å². The van der Waals surface area contributed by atoms with Gasteiger partial charge in [0, 0.05) is 18.5 Å². The van der Waals surface area contributed by atoms with Crippen LogP contribution < -0.4 is 11.5 Å². The number of amides is 2. The summed E-state index contributed by atoms with van der Waals surface area (Å²) in [6.07, 6.45) is 0.490. The van der Waals surface area contributed by atoms with Gasteiger partial charge in [-0.15, -0.1) is 0 Å². The molecular formula is C15H16N4O2. The fourth-order valence-corrected chi connectivity index (χ4v) is 2.74. The van der Waals surface area contributed by atoms with Gasteiger partial charge < -0.3 is 16.4 Å². The number of hydrogen-bond donors (Lipinski definition) is 2. The number of nitrogens with zero attached hydrogens (tertiary/aromatic N) is 2. The zero-order valence-corrected chi connectivity index (χ0v) is 11.5. The summed E-state index contributed by atoms with van der Waals surface area (Å²) in [6.45, 7) is 0.997. The van der Waals surface area contributed by atoms with Crippen LogP contribution in [0.25, 0.3) is 10.9 Å². The molecule has 2 heterocycles. The van der Waals surface area contributed by atoms with Crippen LogP contribution in [0.1, 0.15) is 12.0 Å². The molecule has 1 aromatic carbocycles. The summed E-state index contributed by atoms with van der Waals surface area (Å²) < 4.78 is 0. The minimum atomic E-state index is -0.686. The molecule has 3 rings (SSSR count). The molecule has 2 aromatic rings. The van der Waals surface area contributed by atoms with E-state index >= 15 is 0 Å². The van der Waals surface area contributed by atoms with E-state index in [1.165, 1.54) is 0 Å². The van der Waals surface area contributed by atoms with Gasteiger partial charge in [-0.25, -0.2) is 4.98 Å². The number of benzene rings is 1. The minimum Gasteiger partial charge on any atom is -0.384 e. The molecule has 0 aliphatic carbocycles. The van der Waals surface area contributed by atoms with Crippen molar-refractivity contribution in [2.45, 2.75) is 13.0 Å². The highest BCUT2D eigenvalue weighted by Gasteiger charge is 2.35. The van der Waals surface area contributed by atoms with Crippen molar-refractivity contribution in [3.8, 4) is 0 Å². The smallest absolute Gasteiger partial charge is 0.235 e. The average molecular weight is 284 g/mol. The highest BCUT2D eigenvalue weighted by atomic mass is 16.2. The molecule has 1 aliphatic rings. The Kier molecular flexibility index (Phi) is 3.21. The second-order valence-corrected chi connectivity index (χ2v) is 5.22. The number of rotatable bonds is 3. The molecule has 6 nitrogen and oxygen atoms in total. The molecule has 2 amide bonds. The molecule has 1 aliphatic heterocycles. The van der Waals surface area contributed by atoms with E-state index in [2.05, 4.69) is 4.98 Å². The minimum absolute atomic E-state index is 0.192. The van der Waals surface area contributed by atoms with E-state index < -0.39 is 11.8 Å². The number of nitrogen functional groups attached to an aromatic ring is 1. The second-order valence-electron chi connectivity index (χ2n) is 5.22. The van der Waals surface area contributed by atoms with Gasteiger partial charge in [-0.3, -0.25) is 9.59 Å². The highest BCUT2D eigenvalue weighted by Crippen LogP contribution is 2.24. The van der Waals surface area contributed by atoms with Gasteiger partial charge in [0.25, 0.3) is 0 Å². The van der Waals surface area contributed by atoms with Gasteiger partial charge in [0.15, 0.2) is 0 Å². The molecule has 1 fully saturated rings. The standard InChI is InChI=1S/C15H16N4O2/c16-13-5-4-10-9(2-1-3-12(10)18-13)8-19-7-6-11(14(17)20)15(19)21/h1-5,11H,6-8H2,(H2,16,18)(H2,17,20)/t11-/m0/s1. The Labute approximate surface area is 121 Å². The lowest BCUT2D eigenvalue weighted by atomic mass is 10.1. The first-order chi connectivity index (χ1) is 10.1. The molecule has 108 valence electrons. The summed E-state index contributed by atoms with van der Waals surface area (Å²) in [7, 11) is 0. The first-order valence-corrected chi connectivity index (χ1v) is 6.78. The maximum Gasteiger partial charge on any atom is 0.235 e. The first kappa shape index (κ1) is 13.4. The van der Waals surface area contributed by atoms with Crippen molar-refractivity contribution in [2.24, 2.45) is 11.7 Å². The summed E-state index contributed by atoms with van der Waals surface area (Å²) in [4.78, 5) is 29.3. The van der Waals surface area contributed by atoms with Crippen molar-refractivity contribution in [3.05, 3.63) is 35.9 Å². The Hall–Kier alpha value is -2.63. The molecule has 0 bridgehead atoms. The van der Waals surface area contributed by atoms with Crippen molar-refractivity contribution in [1.82, 2.24) is 9.88 Å². The van der Waals surface area contributed by atoms with Crippen molar-refractivity contribution >= 4 is 28.5 Å². The molecular weight excluding hydrogens is 268 g/mol. The predicted octanol–water partition coefficient (Wildman–Crippen LogP) is 0.651. The van der Waals surface area contributed by atoms with Crippen molar-refractivity contribution in [3.63, 3.8) is 0 Å². The van der Waals surface area contributed by atoms with E-state index in [0.717, 1.165) is 16.5 Å². The normalized spacial score (nSPS) is 18.4. The van der Waals surface area contributed by atoms with E-state index in [0.29, 0.717) is 25.3 Å². The Morgan fingerprint density at radius 1 is 1.33 bits per heavy atom. The lowest BCUT2D eigenvalue weighted by Crippen LogP contribution is -2.33. The molecule has 1 atom stereocenters. The second kappa shape index (κ2) is 5.05. The van der Waals surface area contributed by atoms with Gasteiger partial charge in [-0.05, 0) is 30.2 Å². The molecule has 0 saturated carbocycles. The third kappa shape index (κ3) is 2.40. The zero-order chi connectivity index (χ0) is 15.0. The van der Waals surface area contributed by atoms with Gasteiger partial charge in [0.1, 0.15) is 11.7 Å². The van der Waals surface area contributed by atoms with Crippen LogP contribution in [0.2, 0.25) is 0 Å². The number of fused-ring (bicyclic) bond motifs is 1. The number of hydrogen-bond acceptors (Lipinski definition) is 4. The van der Waals surface area contributed by atoms with Crippen molar-refractivity contribution < 1.29 is 9.59 Å². The summed E-state index contributed by atoms with van der Waals surface area (Å²) in [5.41, 5.74) is 12.7. The fourth-order valence-electron chi connectivity index (χ4n) is 2.74. The van der Waals surface area contributed by atoms with Crippen LogP contribution >= 0.6 is 0 Å². The number of aromatic nitrogens is 1. The quantitative estimate of drug-likeness (QED) is 0.808. The zero-order valence-electron chi connectivity index (χ0n) is 11.5. The maximum atomic E-state index is 12.1. The number of carbonyl (C=O) groups is 2. The van der Waals surface area contributed by atoms with E-state index in [-0.39, 0.29) is 5.91 Å². The fraction of sp³-hybridized carbons (Fsp3) is 0.267. The molecule has 1 aromatic heterocycles. The number of primary amides is 1. The van der Waals surface area contributed by atoms with E-state index in [9.17, 15) is 9.59 Å².